The summed E-state index contributed by atoms with van der Waals surface area (Å²) in [5.74, 6) is -0.0683. The second kappa shape index (κ2) is 10.4. The van der Waals surface area contributed by atoms with Gasteiger partial charge in [0.05, 0.1) is 23.8 Å². The average molecular weight is 474 g/mol. The van der Waals surface area contributed by atoms with Gasteiger partial charge in [0, 0.05) is 61.0 Å². The van der Waals surface area contributed by atoms with Crippen molar-refractivity contribution in [2.45, 2.75) is 37.9 Å². The first-order valence-corrected chi connectivity index (χ1v) is 12.2. The Morgan fingerprint density at radius 1 is 1.00 bits per heavy atom. The van der Waals surface area contributed by atoms with E-state index in [0.29, 0.717) is 23.3 Å². The molecule has 9 heteroatoms. The van der Waals surface area contributed by atoms with Crippen molar-refractivity contribution in [3.8, 4) is 0 Å². The van der Waals surface area contributed by atoms with Crippen LogP contribution in [0.15, 0.2) is 55.0 Å². The Morgan fingerprint density at radius 2 is 1.80 bits per heavy atom. The lowest BCUT2D eigenvalue weighted by Crippen LogP contribution is -2.48. The van der Waals surface area contributed by atoms with Gasteiger partial charge < -0.3 is 21.3 Å². The van der Waals surface area contributed by atoms with Crippen LogP contribution in [0.4, 0.5) is 11.4 Å². The van der Waals surface area contributed by atoms with Gasteiger partial charge in [-0.1, -0.05) is 0 Å². The third-order valence-electron chi connectivity index (χ3n) is 6.88. The van der Waals surface area contributed by atoms with E-state index in [1.165, 1.54) is 0 Å². The minimum Gasteiger partial charge on any atom is -0.382 e. The number of piperidine rings is 1. The Morgan fingerprint density at radius 3 is 2.54 bits per heavy atom. The summed E-state index contributed by atoms with van der Waals surface area (Å²) in [5, 5.41) is 7.48. The maximum Gasteiger partial charge on any atom is 0.257 e. The molecule has 182 valence electrons. The summed E-state index contributed by atoms with van der Waals surface area (Å²) in [6, 6.07) is 11.4. The van der Waals surface area contributed by atoms with Crippen LogP contribution in [0.3, 0.4) is 0 Å². The highest BCUT2D eigenvalue weighted by Crippen LogP contribution is 2.28. The molecule has 1 atom stereocenters. The lowest BCUT2D eigenvalue weighted by Gasteiger charge is -2.34. The van der Waals surface area contributed by atoms with Gasteiger partial charge in [-0.05, 0) is 62.1 Å². The summed E-state index contributed by atoms with van der Waals surface area (Å²) in [6.07, 6.45) is 8.62. The van der Waals surface area contributed by atoms with Gasteiger partial charge in [0.1, 0.15) is 0 Å². The number of benzene rings is 1. The molecule has 0 unspecified atom stereocenters. The predicted octanol–water partition coefficient (Wildman–Crippen LogP) is 2.67. The number of hydrogen-bond acceptors (Lipinski definition) is 7. The number of likely N-dealkylation sites (tertiary alicyclic amines) is 2. The van der Waals surface area contributed by atoms with E-state index >= 15 is 0 Å². The molecule has 2 fully saturated rings. The van der Waals surface area contributed by atoms with Gasteiger partial charge in [-0.3, -0.25) is 24.5 Å². The average Bonchev–Trinajstić information content (AvgIpc) is 3.32. The summed E-state index contributed by atoms with van der Waals surface area (Å²) < 4.78 is 0. The SMILES string of the molecule is N[C@@H]1CCCN1C(=O)CN1CCC(Nc2ccc(C(=O)Nc3ccncc3)c3ncccc23)CC1. The summed E-state index contributed by atoms with van der Waals surface area (Å²) in [5.41, 5.74) is 8.89. The fourth-order valence-corrected chi connectivity index (χ4v) is 4.95. The standard InChI is InChI=1S/C26H31N7O2/c27-23-4-2-14-33(23)24(34)17-32-15-9-19(10-16-32)30-22-6-5-21(25-20(22)3-1-11-29-25)26(35)31-18-7-12-28-13-8-18/h1,3,5-8,11-13,19,23,30H,2,4,9-10,14-17,27H2,(H,28,31,35)/t23-/m0/s1. The Bertz CT molecular complexity index is 1190. The van der Waals surface area contributed by atoms with Gasteiger partial charge >= 0.3 is 0 Å². The monoisotopic (exact) mass is 473 g/mol. The van der Waals surface area contributed by atoms with Gasteiger partial charge in [-0.25, -0.2) is 0 Å². The lowest BCUT2D eigenvalue weighted by atomic mass is 10.0. The minimum absolute atomic E-state index is 0.127. The molecule has 0 saturated carbocycles. The Balaban J connectivity index is 1.23. The molecule has 2 aliphatic heterocycles. The van der Waals surface area contributed by atoms with Crippen LogP contribution in [0, 0.1) is 0 Å². The zero-order valence-corrected chi connectivity index (χ0v) is 19.7. The highest BCUT2D eigenvalue weighted by molar-refractivity contribution is 6.13. The van der Waals surface area contributed by atoms with Crippen molar-refractivity contribution in [2.75, 3.05) is 36.8 Å². The largest absolute Gasteiger partial charge is 0.382 e. The topological polar surface area (TPSA) is 116 Å². The molecule has 0 radical (unpaired) electrons. The van der Waals surface area contributed by atoms with Crippen molar-refractivity contribution < 1.29 is 9.59 Å². The quantitative estimate of drug-likeness (QED) is 0.504. The van der Waals surface area contributed by atoms with Crippen LogP contribution < -0.4 is 16.4 Å². The van der Waals surface area contributed by atoms with E-state index in [1.54, 1.807) is 30.7 Å². The number of nitrogens with one attached hydrogen (secondary N) is 2. The normalized spacial score (nSPS) is 19.1. The van der Waals surface area contributed by atoms with Gasteiger partial charge in [0.15, 0.2) is 0 Å². The number of rotatable bonds is 6. The van der Waals surface area contributed by atoms with Crippen molar-refractivity contribution in [3.63, 3.8) is 0 Å². The van der Waals surface area contributed by atoms with Gasteiger partial charge in [-0.15, -0.1) is 0 Å². The number of aromatic nitrogens is 2. The first-order valence-electron chi connectivity index (χ1n) is 12.2. The van der Waals surface area contributed by atoms with Crippen molar-refractivity contribution in [3.05, 3.63) is 60.6 Å². The number of amides is 2. The van der Waals surface area contributed by atoms with Gasteiger partial charge in [-0.2, -0.15) is 0 Å². The zero-order valence-electron chi connectivity index (χ0n) is 19.7. The first kappa shape index (κ1) is 23.2. The third-order valence-corrected chi connectivity index (χ3v) is 6.88. The highest BCUT2D eigenvalue weighted by atomic mass is 16.2. The fourth-order valence-electron chi connectivity index (χ4n) is 4.95. The molecular formula is C26H31N7O2. The Kier molecular flexibility index (Phi) is 6.87. The van der Waals surface area contributed by atoms with E-state index in [-0.39, 0.29) is 24.0 Å². The fraction of sp³-hybridized carbons (Fsp3) is 0.385. The van der Waals surface area contributed by atoms with E-state index in [0.717, 1.165) is 56.4 Å². The van der Waals surface area contributed by atoms with Crippen molar-refractivity contribution in [1.82, 2.24) is 19.8 Å². The number of carbonyl (C=O) groups is 2. The second-order valence-electron chi connectivity index (χ2n) is 9.24. The first-order chi connectivity index (χ1) is 17.1. The van der Waals surface area contributed by atoms with Gasteiger partial charge in [0.2, 0.25) is 5.91 Å². The number of fused-ring (bicyclic) bond motifs is 1. The molecular weight excluding hydrogens is 442 g/mol. The third kappa shape index (κ3) is 5.26. The predicted molar refractivity (Wildman–Crippen MR) is 136 cm³/mol. The number of anilines is 2. The lowest BCUT2D eigenvalue weighted by molar-refractivity contribution is -0.133. The Labute approximate surface area is 204 Å². The molecule has 5 rings (SSSR count). The zero-order chi connectivity index (χ0) is 24.2. The molecule has 2 saturated heterocycles. The van der Waals surface area contributed by atoms with Crippen LogP contribution in [0.2, 0.25) is 0 Å². The smallest absolute Gasteiger partial charge is 0.257 e. The molecule has 35 heavy (non-hydrogen) atoms. The summed E-state index contributed by atoms with van der Waals surface area (Å²) in [4.78, 5) is 38.1. The van der Waals surface area contributed by atoms with Crippen LogP contribution in [-0.2, 0) is 4.79 Å². The second-order valence-corrected chi connectivity index (χ2v) is 9.24. The molecule has 4 N–H and O–H groups in total. The molecule has 2 aliphatic rings. The van der Waals surface area contributed by atoms with E-state index < -0.39 is 0 Å². The molecule has 4 heterocycles. The van der Waals surface area contributed by atoms with Crippen LogP contribution in [0.5, 0.6) is 0 Å². The molecule has 0 spiro atoms. The van der Waals surface area contributed by atoms with Crippen LogP contribution in [-0.4, -0.2) is 70.0 Å². The molecule has 2 amide bonds. The van der Waals surface area contributed by atoms with Crippen LogP contribution >= 0.6 is 0 Å². The molecule has 2 aromatic heterocycles. The summed E-state index contributed by atoms with van der Waals surface area (Å²) >= 11 is 0. The van der Waals surface area contributed by atoms with Gasteiger partial charge in [0.25, 0.3) is 5.91 Å². The summed E-state index contributed by atoms with van der Waals surface area (Å²) in [7, 11) is 0. The van der Waals surface area contributed by atoms with Crippen LogP contribution in [0.1, 0.15) is 36.0 Å². The van der Waals surface area contributed by atoms with E-state index in [1.807, 2.05) is 29.2 Å². The number of pyridine rings is 2. The van der Waals surface area contributed by atoms with Crippen LogP contribution in [0.25, 0.3) is 10.9 Å². The van der Waals surface area contributed by atoms with Crippen molar-refractivity contribution in [2.24, 2.45) is 5.73 Å². The molecule has 9 nitrogen and oxygen atoms in total. The number of nitrogens with zero attached hydrogens (tertiary/aromatic N) is 4. The van der Waals surface area contributed by atoms with E-state index in [2.05, 4.69) is 25.5 Å². The number of hydrogen-bond donors (Lipinski definition) is 3. The number of nitrogens with two attached hydrogens (primary N) is 1. The molecule has 0 bridgehead atoms. The summed E-state index contributed by atoms with van der Waals surface area (Å²) in [6.45, 7) is 2.93. The van der Waals surface area contributed by atoms with Crippen molar-refractivity contribution in [1.29, 1.82) is 0 Å². The maximum absolute atomic E-state index is 12.9. The van der Waals surface area contributed by atoms with E-state index in [4.69, 9.17) is 5.73 Å². The number of carbonyl (C=O) groups excluding carboxylic acids is 2. The maximum atomic E-state index is 12.9. The minimum atomic E-state index is -0.206. The van der Waals surface area contributed by atoms with E-state index in [9.17, 15) is 9.59 Å². The molecule has 1 aromatic carbocycles. The highest BCUT2D eigenvalue weighted by Gasteiger charge is 2.28. The Hall–Kier alpha value is -3.56. The molecule has 0 aliphatic carbocycles. The molecule has 3 aromatic rings. The van der Waals surface area contributed by atoms with Crippen molar-refractivity contribution >= 4 is 34.1 Å².